The lowest BCUT2D eigenvalue weighted by Gasteiger charge is -2.20. The molecular weight excluding hydrogens is 315 g/mol. The average Bonchev–Trinajstić information content (AvgIpc) is 2.50. The predicted molar refractivity (Wildman–Crippen MR) is 88.2 cm³/mol. The van der Waals surface area contributed by atoms with Crippen molar-refractivity contribution in [3.05, 3.63) is 64.0 Å². The molecule has 0 aromatic heterocycles. The first kappa shape index (κ1) is 16.1. The van der Waals surface area contributed by atoms with E-state index in [9.17, 15) is 8.60 Å². The van der Waals surface area contributed by atoms with Gasteiger partial charge in [-0.1, -0.05) is 23.8 Å². The van der Waals surface area contributed by atoms with Crippen LogP contribution < -0.4 is 4.74 Å². The highest BCUT2D eigenvalue weighted by Gasteiger charge is 2.18. The van der Waals surface area contributed by atoms with Crippen molar-refractivity contribution in [1.29, 1.82) is 0 Å². The summed E-state index contributed by atoms with van der Waals surface area (Å²) in [6.45, 7) is 4.50. The molecule has 1 heterocycles. The summed E-state index contributed by atoms with van der Waals surface area (Å²) < 4.78 is 36.9. The molecular formula is C18H19FO3S. The van der Waals surface area contributed by atoms with Gasteiger partial charge in [-0.3, -0.25) is 4.21 Å². The number of rotatable bonds is 4. The Morgan fingerprint density at radius 2 is 1.91 bits per heavy atom. The van der Waals surface area contributed by atoms with E-state index in [1.165, 1.54) is 12.1 Å². The fraction of sp³-hybridized carbons (Fsp3) is 0.333. The minimum Gasteiger partial charge on any atom is -0.467 e. The number of fused-ring (bicyclic) bond motifs is 1. The molecule has 0 bridgehead atoms. The molecule has 5 heteroatoms. The second kappa shape index (κ2) is 6.81. The van der Waals surface area contributed by atoms with Gasteiger partial charge in [0, 0.05) is 27.7 Å². The maximum Gasteiger partial charge on any atom is 0.189 e. The number of benzene rings is 2. The van der Waals surface area contributed by atoms with Crippen LogP contribution in [0.3, 0.4) is 0 Å². The fourth-order valence-corrected chi connectivity index (χ4v) is 4.04. The van der Waals surface area contributed by atoms with Gasteiger partial charge in [-0.05, 0) is 37.1 Å². The van der Waals surface area contributed by atoms with E-state index < -0.39 is 10.8 Å². The van der Waals surface area contributed by atoms with Crippen molar-refractivity contribution in [2.75, 3.05) is 6.79 Å². The van der Waals surface area contributed by atoms with Crippen molar-refractivity contribution < 1.29 is 18.1 Å². The van der Waals surface area contributed by atoms with Gasteiger partial charge in [-0.2, -0.15) is 0 Å². The first-order valence-corrected chi connectivity index (χ1v) is 8.94. The van der Waals surface area contributed by atoms with E-state index in [0.717, 1.165) is 16.7 Å². The SMILES string of the molecule is Cc1ccc(C)c(CS(=O)Cc2cc(F)cc3c2OCOC3)c1. The van der Waals surface area contributed by atoms with Crippen LogP contribution in [0.25, 0.3) is 0 Å². The van der Waals surface area contributed by atoms with Crippen LogP contribution >= 0.6 is 0 Å². The second-order valence-corrected chi connectivity index (χ2v) is 7.28. The Morgan fingerprint density at radius 1 is 1.13 bits per heavy atom. The van der Waals surface area contributed by atoms with Gasteiger partial charge in [0.1, 0.15) is 11.6 Å². The Hall–Kier alpha value is -1.72. The Balaban J connectivity index is 1.80. The van der Waals surface area contributed by atoms with E-state index in [1.54, 1.807) is 0 Å². The molecule has 1 unspecified atom stereocenters. The summed E-state index contributed by atoms with van der Waals surface area (Å²) in [7, 11) is -1.13. The van der Waals surface area contributed by atoms with Gasteiger partial charge in [0.05, 0.1) is 12.4 Å². The summed E-state index contributed by atoms with van der Waals surface area (Å²) in [6.07, 6.45) is 0. The van der Waals surface area contributed by atoms with Crippen LogP contribution in [-0.4, -0.2) is 11.0 Å². The summed E-state index contributed by atoms with van der Waals surface area (Å²) in [5, 5.41) is 0. The van der Waals surface area contributed by atoms with Crippen molar-refractivity contribution in [3.8, 4) is 5.75 Å². The standard InChI is InChI=1S/C18H19FO3S/c1-12-3-4-13(2)15(5-12)9-23(20)10-16-7-17(19)6-14-8-21-11-22-18(14)16/h3-7H,8-11H2,1-2H3. The van der Waals surface area contributed by atoms with Crippen molar-refractivity contribution >= 4 is 10.8 Å². The van der Waals surface area contributed by atoms with Crippen LogP contribution in [0.15, 0.2) is 30.3 Å². The van der Waals surface area contributed by atoms with Gasteiger partial charge in [0.25, 0.3) is 0 Å². The number of hydrogen-bond acceptors (Lipinski definition) is 3. The molecule has 1 atom stereocenters. The Labute approximate surface area is 137 Å². The lowest BCUT2D eigenvalue weighted by Crippen LogP contribution is -2.14. The Bertz CT molecular complexity index is 758. The molecule has 0 fully saturated rings. The zero-order valence-electron chi connectivity index (χ0n) is 13.2. The highest BCUT2D eigenvalue weighted by molar-refractivity contribution is 7.83. The van der Waals surface area contributed by atoms with Crippen LogP contribution in [0.1, 0.15) is 27.8 Å². The third-order valence-electron chi connectivity index (χ3n) is 3.89. The monoisotopic (exact) mass is 334 g/mol. The first-order chi connectivity index (χ1) is 11.0. The van der Waals surface area contributed by atoms with Gasteiger partial charge < -0.3 is 9.47 Å². The molecule has 0 saturated carbocycles. The second-order valence-electron chi connectivity index (χ2n) is 5.82. The smallest absolute Gasteiger partial charge is 0.189 e. The molecule has 0 radical (unpaired) electrons. The molecule has 2 aromatic rings. The lowest BCUT2D eigenvalue weighted by molar-refractivity contribution is -0.0171. The number of ether oxygens (including phenoxy) is 2. The number of aryl methyl sites for hydroxylation is 2. The van der Waals surface area contributed by atoms with Gasteiger partial charge in [-0.25, -0.2) is 4.39 Å². The van der Waals surface area contributed by atoms with E-state index >= 15 is 0 Å². The van der Waals surface area contributed by atoms with Crippen molar-refractivity contribution in [1.82, 2.24) is 0 Å². The highest BCUT2D eigenvalue weighted by Crippen LogP contribution is 2.30. The molecule has 0 spiro atoms. The average molecular weight is 334 g/mol. The van der Waals surface area contributed by atoms with E-state index in [1.807, 2.05) is 26.0 Å². The quantitative estimate of drug-likeness (QED) is 0.854. The summed E-state index contributed by atoms with van der Waals surface area (Å²) in [6, 6.07) is 8.94. The van der Waals surface area contributed by atoms with Crippen molar-refractivity contribution in [2.24, 2.45) is 0 Å². The molecule has 1 aliphatic heterocycles. The summed E-state index contributed by atoms with van der Waals surface area (Å²) in [5.41, 5.74) is 4.65. The summed E-state index contributed by atoms with van der Waals surface area (Å²) >= 11 is 0. The zero-order chi connectivity index (χ0) is 16.4. The van der Waals surface area contributed by atoms with Crippen molar-refractivity contribution in [3.63, 3.8) is 0 Å². The molecule has 122 valence electrons. The molecule has 0 aliphatic carbocycles. The lowest BCUT2D eigenvalue weighted by atomic mass is 10.1. The van der Waals surface area contributed by atoms with Gasteiger partial charge in [0.15, 0.2) is 6.79 Å². The fourth-order valence-electron chi connectivity index (χ4n) is 2.72. The van der Waals surface area contributed by atoms with E-state index in [0.29, 0.717) is 29.2 Å². The van der Waals surface area contributed by atoms with Crippen LogP contribution in [0.2, 0.25) is 0 Å². The first-order valence-electron chi connectivity index (χ1n) is 7.46. The van der Waals surface area contributed by atoms with Crippen LogP contribution in [0.5, 0.6) is 5.75 Å². The molecule has 0 amide bonds. The largest absolute Gasteiger partial charge is 0.467 e. The molecule has 23 heavy (non-hydrogen) atoms. The van der Waals surface area contributed by atoms with Crippen LogP contribution in [0, 0.1) is 19.7 Å². The van der Waals surface area contributed by atoms with E-state index in [2.05, 4.69) is 6.07 Å². The van der Waals surface area contributed by atoms with E-state index in [-0.39, 0.29) is 18.4 Å². The van der Waals surface area contributed by atoms with Gasteiger partial charge >= 0.3 is 0 Å². The van der Waals surface area contributed by atoms with Gasteiger partial charge in [0.2, 0.25) is 0 Å². The molecule has 2 aromatic carbocycles. The van der Waals surface area contributed by atoms with Crippen molar-refractivity contribution in [2.45, 2.75) is 32.0 Å². The molecule has 1 aliphatic rings. The molecule has 0 N–H and O–H groups in total. The third kappa shape index (κ3) is 3.79. The maximum atomic E-state index is 13.7. The molecule has 3 rings (SSSR count). The Morgan fingerprint density at radius 3 is 2.74 bits per heavy atom. The summed E-state index contributed by atoms with van der Waals surface area (Å²) in [5.74, 6) is 0.992. The van der Waals surface area contributed by atoms with Crippen LogP contribution in [-0.2, 0) is 33.6 Å². The Kier molecular flexibility index (Phi) is 4.78. The maximum absolute atomic E-state index is 13.7. The minimum atomic E-state index is -1.13. The zero-order valence-corrected chi connectivity index (χ0v) is 14.0. The number of hydrogen-bond donors (Lipinski definition) is 0. The molecule has 0 saturated heterocycles. The normalized spacial score (nSPS) is 14.9. The summed E-state index contributed by atoms with van der Waals surface area (Å²) in [4.78, 5) is 0. The minimum absolute atomic E-state index is 0.148. The third-order valence-corrected chi connectivity index (χ3v) is 5.16. The van der Waals surface area contributed by atoms with E-state index in [4.69, 9.17) is 9.47 Å². The number of halogens is 1. The highest BCUT2D eigenvalue weighted by atomic mass is 32.2. The topological polar surface area (TPSA) is 35.5 Å². The van der Waals surface area contributed by atoms with Gasteiger partial charge in [-0.15, -0.1) is 0 Å². The molecule has 3 nitrogen and oxygen atoms in total. The van der Waals surface area contributed by atoms with Crippen LogP contribution in [0.4, 0.5) is 4.39 Å². The predicted octanol–water partition coefficient (Wildman–Crippen LogP) is 3.76.